The molecule has 0 fully saturated rings. The van der Waals surface area contributed by atoms with Gasteiger partial charge in [0.15, 0.2) is 0 Å². The van der Waals surface area contributed by atoms with Crippen molar-refractivity contribution in [1.82, 2.24) is 0 Å². The average molecular weight is 611 g/mol. The summed E-state index contributed by atoms with van der Waals surface area (Å²) in [6.07, 6.45) is 0. The molecule has 0 aromatic heterocycles. The number of phenols is 2. The van der Waals surface area contributed by atoms with Crippen LogP contribution in [0.1, 0.15) is 61.1 Å². The lowest BCUT2D eigenvalue weighted by Gasteiger charge is -2.35. The maximum Gasteiger partial charge on any atom is 0.298 e. The van der Waals surface area contributed by atoms with Crippen molar-refractivity contribution in [3.8, 4) is 22.6 Å². The van der Waals surface area contributed by atoms with Gasteiger partial charge in [-0.05, 0) is 47.7 Å². The zero-order valence-electron chi connectivity index (χ0n) is 24.2. The molecule has 0 radical (unpaired) electrons. The highest BCUT2D eigenvalue weighted by Gasteiger charge is 2.37. The zero-order valence-corrected chi connectivity index (χ0v) is 25.8. The molecule has 222 valence electrons. The van der Waals surface area contributed by atoms with E-state index in [1.54, 1.807) is 6.92 Å². The van der Waals surface area contributed by atoms with Crippen molar-refractivity contribution in [2.45, 2.75) is 62.2 Å². The Labute approximate surface area is 246 Å². The average Bonchev–Trinajstić information content (AvgIpc) is 2.89. The van der Waals surface area contributed by atoms with Crippen LogP contribution in [0.2, 0.25) is 0 Å². The number of benzene rings is 4. The van der Waals surface area contributed by atoms with Crippen LogP contribution >= 0.6 is 0 Å². The van der Waals surface area contributed by atoms with Gasteiger partial charge in [0.2, 0.25) is 0 Å². The Kier molecular flexibility index (Phi) is 7.84. The smallest absolute Gasteiger partial charge is 0.298 e. The second kappa shape index (κ2) is 10.5. The standard InChI is InChI=1S/C32H34O8S2/c1-19-23(31(3,4)21-13-9-7-10-14-21)17-24(32(5,6)22-15-11-8-12-16-22)29(33)27(19)28-20(2)25(41(35,36)37)18-26(30(28)34)42(38,39)40/h7-18,33-34H,1-6H3,(H,35,36,37)(H,38,39,40). The van der Waals surface area contributed by atoms with Crippen molar-refractivity contribution >= 4 is 20.2 Å². The molecule has 0 saturated carbocycles. The highest BCUT2D eigenvalue weighted by Crippen LogP contribution is 2.52. The molecule has 0 heterocycles. The van der Waals surface area contributed by atoms with Crippen molar-refractivity contribution in [2.75, 3.05) is 0 Å². The van der Waals surface area contributed by atoms with Crippen molar-refractivity contribution in [1.29, 1.82) is 0 Å². The van der Waals surface area contributed by atoms with Crippen LogP contribution < -0.4 is 0 Å². The van der Waals surface area contributed by atoms with Crippen LogP contribution in [-0.2, 0) is 31.1 Å². The summed E-state index contributed by atoms with van der Waals surface area (Å²) >= 11 is 0. The Morgan fingerprint density at radius 1 is 0.548 bits per heavy atom. The fourth-order valence-electron chi connectivity index (χ4n) is 5.71. The van der Waals surface area contributed by atoms with Crippen LogP contribution in [0.25, 0.3) is 11.1 Å². The van der Waals surface area contributed by atoms with Crippen LogP contribution in [0.5, 0.6) is 11.5 Å². The predicted octanol–water partition coefficient (Wildman–Crippen LogP) is 6.53. The third-order valence-electron chi connectivity index (χ3n) is 8.18. The second-order valence-corrected chi connectivity index (χ2v) is 14.3. The first kappa shape index (κ1) is 31.2. The summed E-state index contributed by atoms with van der Waals surface area (Å²) in [7, 11) is -10.2. The lowest BCUT2D eigenvalue weighted by molar-refractivity contribution is 0.438. The number of phenolic OH excluding ortho intramolecular Hbond substituents is 2. The Hall–Kier alpha value is -3.70. The van der Waals surface area contributed by atoms with E-state index < -0.39 is 46.6 Å². The molecule has 0 spiro atoms. The highest BCUT2D eigenvalue weighted by atomic mass is 32.2. The van der Waals surface area contributed by atoms with Gasteiger partial charge < -0.3 is 10.2 Å². The van der Waals surface area contributed by atoms with Crippen molar-refractivity contribution in [2.24, 2.45) is 0 Å². The summed E-state index contributed by atoms with van der Waals surface area (Å²) in [5, 5.41) is 23.3. The molecule has 42 heavy (non-hydrogen) atoms. The van der Waals surface area contributed by atoms with Gasteiger partial charge in [0.25, 0.3) is 20.2 Å². The van der Waals surface area contributed by atoms with E-state index in [-0.39, 0.29) is 22.4 Å². The van der Waals surface area contributed by atoms with E-state index in [2.05, 4.69) is 0 Å². The van der Waals surface area contributed by atoms with Crippen molar-refractivity contribution < 1.29 is 36.2 Å². The van der Waals surface area contributed by atoms with Crippen LogP contribution in [0, 0.1) is 13.8 Å². The SMILES string of the molecule is Cc1c(C(C)(C)c2ccccc2)cc(C(C)(C)c2ccccc2)c(O)c1-c1c(C)c(S(=O)(=O)O)cc(S(=O)(=O)O)c1O. The van der Waals surface area contributed by atoms with Crippen molar-refractivity contribution in [3.05, 3.63) is 106 Å². The number of aromatic hydroxyl groups is 2. The molecular weight excluding hydrogens is 576 g/mol. The molecule has 0 aliphatic rings. The molecule has 0 bridgehead atoms. The van der Waals surface area contributed by atoms with E-state index in [1.807, 2.05) is 94.4 Å². The first-order valence-electron chi connectivity index (χ1n) is 13.1. The first-order chi connectivity index (χ1) is 19.3. The quantitative estimate of drug-likeness (QED) is 0.173. The molecule has 0 atom stereocenters. The minimum absolute atomic E-state index is 0.0269. The summed E-state index contributed by atoms with van der Waals surface area (Å²) in [6.45, 7) is 10.7. The summed E-state index contributed by atoms with van der Waals surface area (Å²) in [5.74, 6) is -1.28. The molecule has 4 rings (SSSR count). The minimum Gasteiger partial charge on any atom is -0.507 e. The first-order valence-corrected chi connectivity index (χ1v) is 16.0. The van der Waals surface area contributed by atoms with E-state index in [4.69, 9.17) is 0 Å². The van der Waals surface area contributed by atoms with Crippen LogP contribution in [0.4, 0.5) is 0 Å². The maximum absolute atomic E-state index is 12.4. The molecule has 0 aliphatic heterocycles. The molecule has 0 aliphatic carbocycles. The van der Waals surface area contributed by atoms with E-state index in [0.29, 0.717) is 22.8 Å². The third-order valence-corrected chi connectivity index (χ3v) is 10.0. The van der Waals surface area contributed by atoms with Gasteiger partial charge in [-0.25, -0.2) is 0 Å². The minimum atomic E-state index is -5.16. The van der Waals surface area contributed by atoms with E-state index >= 15 is 0 Å². The second-order valence-electron chi connectivity index (χ2n) is 11.5. The van der Waals surface area contributed by atoms with Gasteiger partial charge in [0, 0.05) is 27.5 Å². The van der Waals surface area contributed by atoms with Gasteiger partial charge in [0.05, 0.1) is 4.90 Å². The molecule has 4 aromatic carbocycles. The zero-order chi connectivity index (χ0) is 31.4. The summed E-state index contributed by atoms with van der Waals surface area (Å²) in [4.78, 5) is -1.95. The molecule has 0 amide bonds. The monoisotopic (exact) mass is 610 g/mol. The summed E-state index contributed by atoms with van der Waals surface area (Å²) in [6, 6.07) is 21.3. The third kappa shape index (κ3) is 5.31. The fourth-order valence-corrected chi connectivity index (χ4v) is 7.15. The van der Waals surface area contributed by atoms with Crippen LogP contribution in [0.15, 0.2) is 82.6 Å². The molecule has 0 unspecified atom stereocenters. The lowest BCUT2D eigenvalue weighted by Crippen LogP contribution is -2.25. The van der Waals surface area contributed by atoms with Gasteiger partial charge in [0.1, 0.15) is 16.4 Å². The predicted molar refractivity (Wildman–Crippen MR) is 161 cm³/mol. The Bertz CT molecular complexity index is 1760. The lowest BCUT2D eigenvalue weighted by atomic mass is 9.69. The summed E-state index contributed by atoms with van der Waals surface area (Å²) < 4.78 is 69.1. The molecule has 10 heteroatoms. The molecular formula is C32H34O8S2. The number of rotatable bonds is 7. The molecule has 0 saturated heterocycles. The molecule has 8 nitrogen and oxygen atoms in total. The number of hydrogen-bond acceptors (Lipinski definition) is 6. The molecule has 4 N–H and O–H groups in total. The van der Waals surface area contributed by atoms with E-state index in [0.717, 1.165) is 11.1 Å². The van der Waals surface area contributed by atoms with Gasteiger partial charge in [-0.3, -0.25) is 9.11 Å². The Balaban J connectivity index is 2.26. The van der Waals surface area contributed by atoms with Gasteiger partial charge in [-0.2, -0.15) is 16.8 Å². The van der Waals surface area contributed by atoms with Gasteiger partial charge >= 0.3 is 0 Å². The van der Waals surface area contributed by atoms with Crippen molar-refractivity contribution in [3.63, 3.8) is 0 Å². The Morgan fingerprint density at radius 2 is 0.952 bits per heavy atom. The normalized spacial score (nSPS) is 12.9. The highest BCUT2D eigenvalue weighted by molar-refractivity contribution is 7.86. The van der Waals surface area contributed by atoms with Crippen LogP contribution in [0.3, 0.4) is 0 Å². The number of hydrogen-bond donors (Lipinski definition) is 4. The Morgan fingerprint density at radius 3 is 1.38 bits per heavy atom. The maximum atomic E-state index is 12.4. The van der Waals surface area contributed by atoms with E-state index in [9.17, 15) is 36.2 Å². The molecule has 4 aromatic rings. The van der Waals surface area contributed by atoms with Gasteiger partial charge in [-0.15, -0.1) is 0 Å². The fraction of sp³-hybridized carbons (Fsp3) is 0.250. The largest absolute Gasteiger partial charge is 0.507 e. The summed E-state index contributed by atoms with van der Waals surface area (Å²) in [5.41, 5.74) is 1.26. The van der Waals surface area contributed by atoms with Gasteiger partial charge in [-0.1, -0.05) is 94.4 Å². The van der Waals surface area contributed by atoms with Crippen LogP contribution in [-0.4, -0.2) is 36.2 Å². The topological polar surface area (TPSA) is 149 Å². The van der Waals surface area contributed by atoms with E-state index in [1.165, 1.54) is 6.92 Å².